The molecule has 2 aliphatic carbocycles. The van der Waals surface area contributed by atoms with Crippen LogP contribution in [0.15, 0.2) is 353 Å². The van der Waals surface area contributed by atoms with Gasteiger partial charge in [0, 0.05) is 87.8 Å². The van der Waals surface area contributed by atoms with Crippen LogP contribution in [-0.4, -0.2) is 9.13 Å². The Morgan fingerprint density at radius 1 is 0.282 bits per heavy atom. The maximum Gasteiger partial charge on any atom is 0.135 e. The number of hydrogen-bond donors (Lipinski definition) is 1. The monoisotopic (exact) mass is 1380 g/mol. The lowest BCUT2D eigenvalue weighted by Crippen LogP contribution is -2.19. The molecule has 0 fully saturated rings. The summed E-state index contributed by atoms with van der Waals surface area (Å²) < 4.78 is 17.8. The summed E-state index contributed by atoms with van der Waals surface area (Å²) in [7, 11) is 0. The van der Waals surface area contributed by atoms with Crippen molar-refractivity contribution in [2.45, 2.75) is 23.9 Å². The molecule has 1 N–H and O–H groups in total. The molecule has 4 aromatic heterocycles. The van der Waals surface area contributed by atoms with Crippen molar-refractivity contribution >= 4 is 142 Å². The molecular formula is C96H61BrN4O2. The first kappa shape index (κ1) is 58.1. The van der Waals surface area contributed by atoms with E-state index < -0.39 is 0 Å². The van der Waals surface area contributed by atoms with Crippen molar-refractivity contribution in [2.24, 2.45) is 0 Å². The zero-order valence-corrected chi connectivity index (χ0v) is 57.3. The zero-order valence-electron chi connectivity index (χ0n) is 55.7. The largest absolute Gasteiger partial charge is 0.456 e. The number of halogens is 1. The van der Waals surface area contributed by atoms with Crippen LogP contribution in [0.4, 0.5) is 17.1 Å². The first-order valence-electron chi connectivity index (χ1n) is 35.5. The van der Waals surface area contributed by atoms with E-state index in [9.17, 15) is 0 Å². The Morgan fingerprint density at radius 3 is 1.35 bits per heavy atom. The molecule has 7 heteroatoms. The topological polar surface area (TPSA) is 51.4 Å². The normalized spacial score (nSPS) is 15.9. The summed E-state index contributed by atoms with van der Waals surface area (Å²) in [5, 5.41) is 19.1. The number of para-hydroxylation sites is 6. The third-order valence-corrected chi connectivity index (χ3v) is 23.0. The highest BCUT2D eigenvalue weighted by atomic mass is 79.9. The number of aromatic nitrogens is 2. The number of fused-ring (bicyclic) bond motifs is 22. The van der Waals surface area contributed by atoms with Gasteiger partial charge in [-0.25, -0.2) is 0 Å². The SMILES string of the molecule is Brc1ccc2oc3ccccc3c2c1.c1ccc(-n2c3ccccc3c3ccc(-c4ccc5c(c4)C4c6cccc7cccc(c67)C4N5)cc32)cc1.c1ccc(-n2c3ccccc3c3ccc(-c4ccc5c(c4)C4c6cccc7cccc(c67)C4N5c4ccc5oc6ccccc6c5c4)cc32)cc1. The molecule has 0 saturated heterocycles. The molecule has 4 aliphatic rings. The predicted molar refractivity (Wildman–Crippen MR) is 430 cm³/mol. The standard InChI is InChI=1S/C48H30N2O.C36H24N2.C12H7BrO/c1-2-12-32(13-3-1)49-41-18-6-4-14-34(41)35-23-20-31(27-43(35)49)30-21-24-42-40(26-30)47-37-16-8-10-29-11-9-17-38(46(29)37)48(47)50(42)33-22-25-45-39(28-33)36-15-5-7-19-44(36)51-45;1-2-10-25(11-3-1)38-32-15-5-4-12-26(32)27-18-16-24(21-33(27)38)23-17-19-31-30(20-23)35-28-13-6-8-22-9-7-14-29(34(22)28)36(35)37-31;13-8-5-6-12-10(7-8)9-3-1-2-4-11(9)14-12/h1-28,47-48H;1-21,35-37H;1-7H. The van der Waals surface area contributed by atoms with Gasteiger partial charge in [0.15, 0.2) is 0 Å². The number of hydrogen-bond acceptors (Lipinski definition) is 4. The Bertz CT molecular complexity index is 6910. The van der Waals surface area contributed by atoms with Crippen LogP contribution >= 0.6 is 15.9 Å². The summed E-state index contributed by atoms with van der Waals surface area (Å²) in [4.78, 5) is 2.59. The van der Waals surface area contributed by atoms with Gasteiger partial charge in [0.1, 0.15) is 22.3 Å². The Labute approximate surface area is 601 Å². The van der Waals surface area contributed by atoms with Crippen molar-refractivity contribution < 1.29 is 8.83 Å². The molecule has 0 spiro atoms. The van der Waals surface area contributed by atoms with Gasteiger partial charge in [-0.1, -0.05) is 234 Å². The molecule has 4 atom stereocenters. The van der Waals surface area contributed by atoms with Gasteiger partial charge in [-0.3, -0.25) is 0 Å². The molecule has 20 aromatic rings. The van der Waals surface area contributed by atoms with E-state index in [4.69, 9.17) is 8.83 Å². The number of nitrogens with one attached hydrogen (secondary N) is 1. The van der Waals surface area contributed by atoms with Crippen molar-refractivity contribution in [3.63, 3.8) is 0 Å². The molecule has 6 nitrogen and oxygen atoms in total. The van der Waals surface area contributed by atoms with Crippen LogP contribution < -0.4 is 10.2 Å². The van der Waals surface area contributed by atoms with Gasteiger partial charge in [-0.05, 0) is 199 Å². The van der Waals surface area contributed by atoms with Gasteiger partial charge in [-0.2, -0.15) is 0 Å². The quantitative estimate of drug-likeness (QED) is 0.187. The number of rotatable bonds is 5. The van der Waals surface area contributed by atoms with Crippen LogP contribution in [0.1, 0.15) is 57.3 Å². The maximum atomic E-state index is 6.25. The van der Waals surface area contributed by atoms with Gasteiger partial charge in [0.05, 0.1) is 34.2 Å². The third-order valence-electron chi connectivity index (χ3n) is 22.5. The number of furan rings is 2. The van der Waals surface area contributed by atoms with Crippen LogP contribution in [0, 0.1) is 0 Å². The minimum atomic E-state index is 0.162. The first-order chi connectivity index (χ1) is 51.0. The van der Waals surface area contributed by atoms with E-state index in [1.807, 2.05) is 36.4 Å². The summed E-state index contributed by atoms with van der Waals surface area (Å²) in [6.07, 6.45) is 0. The highest BCUT2D eigenvalue weighted by molar-refractivity contribution is 9.10. The molecule has 484 valence electrons. The van der Waals surface area contributed by atoms with Crippen LogP contribution in [0.2, 0.25) is 0 Å². The van der Waals surface area contributed by atoms with E-state index in [1.54, 1.807) is 0 Å². The van der Waals surface area contributed by atoms with Gasteiger partial charge in [0.25, 0.3) is 0 Å². The average molecular weight is 1380 g/mol. The minimum Gasteiger partial charge on any atom is -0.456 e. The smallest absolute Gasteiger partial charge is 0.135 e. The van der Waals surface area contributed by atoms with E-state index >= 15 is 0 Å². The second-order valence-corrected chi connectivity index (χ2v) is 28.8. The average Bonchev–Trinajstić information content (AvgIpc) is 1.54. The second-order valence-electron chi connectivity index (χ2n) is 27.9. The molecule has 0 amide bonds. The predicted octanol–water partition coefficient (Wildman–Crippen LogP) is 26.4. The fourth-order valence-electron chi connectivity index (χ4n) is 18.2. The summed E-state index contributed by atoms with van der Waals surface area (Å²) in [6.45, 7) is 0. The molecule has 2 aliphatic heterocycles. The Morgan fingerprint density at radius 2 is 0.738 bits per heavy atom. The molecule has 24 rings (SSSR count). The van der Waals surface area contributed by atoms with Crippen molar-refractivity contribution in [3.05, 3.63) is 378 Å². The summed E-state index contributed by atoms with van der Waals surface area (Å²) >= 11 is 3.46. The van der Waals surface area contributed by atoms with Crippen molar-refractivity contribution in [3.8, 4) is 33.6 Å². The highest BCUT2D eigenvalue weighted by Crippen LogP contribution is 2.62. The van der Waals surface area contributed by atoms with E-state index in [1.165, 1.54) is 155 Å². The zero-order chi connectivity index (χ0) is 67.5. The van der Waals surface area contributed by atoms with E-state index in [2.05, 4.69) is 339 Å². The van der Waals surface area contributed by atoms with E-state index in [-0.39, 0.29) is 12.0 Å². The van der Waals surface area contributed by atoms with Crippen LogP contribution in [0.3, 0.4) is 0 Å². The molecule has 103 heavy (non-hydrogen) atoms. The van der Waals surface area contributed by atoms with E-state index in [0.29, 0.717) is 12.0 Å². The number of anilines is 3. The molecule has 4 unspecified atom stereocenters. The second kappa shape index (κ2) is 22.7. The fraction of sp³-hybridized carbons (Fsp3) is 0.0417. The van der Waals surface area contributed by atoms with Gasteiger partial charge in [0.2, 0.25) is 0 Å². The first-order valence-corrected chi connectivity index (χ1v) is 36.3. The van der Waals surface area contributed by atoms with Crippen molar-refractivity contribution in [1.82, 2.24) is 9.13 Å². The van der Waals surface area contributed by atoms with Crippen LogP contribution in [0.5, 0.6) is 0 Å². The Kier molecular flexibility index (Phi) is 12.8. The van der Waals surface area contributed by atoms with E-state index in [0.717, 1.165) is 43.0 Å². The van der Waals surface area contributed by atoms with Crippen molar-refractivity contribution in [1.29, 1.82) is 0 Å². The van der Waals surface area contributed by atoms with Gasteiger partial charge in [-0.15, -0.1) is 0 Å². The fourth-order valence-corrected chi connectivity index (χ4v) is 18.6. The lowest BCUT2D eigenvalue weighted by atomic mass is 9.89. The maximum absolute atomic E-state index is 6.25. The number of nitrogens with zero attached hydrogens (tertiary/aromatic N) is 3. The minimum absolute atomic E-state index is 0.162. The van der Waals surface area contributed by atoms with Crippen LogP contribution in [-0.2, 0) is 0 Å². The van der Waals surface area contributed by atoms with Crippen LogP contribution in [0.25, 0.3) is 143 Å². The molecule has 6 heterocycles. The lowest BCUT2D eigenvalue weighted by Gasteiger charge is -2.28. The van der Waals surface area contributed by atoms with Gasteiger partial charge < -0.3 is 28.2 Å². The summed E-state index contributed by atoms with van der Waals surface area (Å²) in [6, 6.07) is 124. The molecule has 0 radical (unpaired) electrons. The molecule has 0 saturated carbocycles. The molecular weight excluding hydrogens is 1320 g/mol. The van der Waals surface area contributed by atoms with Crippen molar-refractivity contribution in [2.75, 3.05) is 10.2 Å². The molecule has 16 aromatic carbocycles. The summed E-state index contributed by atoms with van der Waals surface area (Å²) in [5.41, 5.74) is 28.2. The lowest BCUT2D eigenvalue weighted by molar-refractivity contribution is 0.668. The third kappa shape index (κ3) is 8.86. The van der Waals surface area contributed by atoms with Gasteiger partial charge >= 0.3 is 0 Å². The molecule has 0 bridgehead atoms. The Balaban J connectivity index is 0.000000112. The Hall–Kier alpha value is -12.7. The highest BCUT2D eigenvalue weighted by Gasteiger charge is 2.47. The summed E-state index contributed by atoms with van der Waals surface area (Å²) in [5.74, 6) is 0.572. The number of benzene rings is 16.